The van der Waals surface area contributed by atoms with Gasteiger partial charge in [0, 0.05) is 37.1 Å². The molecule has 7 heteroatoms. The first kappa shape index (κ1) is 21.5. The summed E-state index contributed by atoms with van der Waals surface area (Å²) in [4.78, 5) is 15.3. The molecule has 0 saturated carbocycles. The maximum absolute atomic E-state index is 13.0. The summed E-state index contributed by atoms with van der Waals surface area (Å²) in [5.41, 5.74) is 3.66. The van der Waals surface area contributed by atoms with Crippen molar-refractivity contribution < 1.29 is 9.53 Å². The molecule has 0 bridgehead atoms. The van der Waals surface area contributed by atoms with Gasteiger partial charge in [0.2, 0.25) is 0 Å². The van der Waals surface area contributed by atoms with Crippen LogP contribution < -0.4 is 0 Å². The Labute approximate surface area is 191 Å². The number of para-hydroxylation sites is 1. The van der Waals surface area contributed by atoms with Gasteiger partial charge in [0.1, 0.15) is 4.32 Å². The van der Waals surface area contributed by atoms with Crippen LogP contribution in [0.15, 0.2) is 71.8 Å². The predicted octanol–water partition coefficient (Wildman–Crippen LogP) is 5.17. The molecule has 4 rings (SSSR count). The molecule has 0 unspecified atom stereocenters. The summed E-state index contributed by atoms with van der Waals surface area (Å²) in [6.45, 7) is 3.82. The van der Waals surface area contributed by atoms with Crippen LogP contribution >= 0.6 is 24.0 Å². The van der Waals surface area contributed by atoms with Gasteiger partial charge in [0.25, 0.3) is 5.91 Å². The lowest BCUT2D eigenvalue weighted by Gasteiger charge is -2.13. The van der Waals surface area contributed by atoms with Gasteiger partial charge in [0.15, 0.2) is 0 Å². The highest BCUT2D eigenvalue weighted by Gasteiger charge is 2.32. The highest BCUT2D eigenvalue weighted by Crippen LogP contribution is 2.34. The molecule has 0 N–H and O–H groups in total. The first-order valence-electron chi connectivity index (χ1n) is 10.2. The minimum atomic E-state index is -0.0574. The molecule has 2 heterocycles. The largest absolute Gasteiger partial charge is 0.382 e. The predicted molar refractivity (Wildman–Crippen MR) is 130 cm³/mol. The highest BCUT2D eigenvalue weighted by molar-refractivity contribution is 8.26. The van der Waals surface area contributed by atoms with Crippen LogP contribution in [0.5, 0.6) is 0 Å². The van der Waals surface area contributed by atoms with Crippen molar-refractivity contribution in [3.8, 4) is 16.9 Å². The van der Waals surface area contributed by atoms with Crippen LogP contribution in [-0.2, 0) is 9.53 Å². The third kappa shape index (κ3) is 4.95. The fourth-order valence-electron chi connectivity index (χ4n) is 3.33. The lowest BCUT2D eigenvalue weighted by molar-refractivity contribution is -0.122. The van der Waals surface area contributed by atoms with E-state index in [-0.39, 0.29) is 5.91 Å². The Bertz CT molecular complexity index is 1090. The van der Waals surface area contributed by atoms with Gasteiger partial charge < -0.3 is 4.74 Å². The van der Waals surface area contributed by atoms with E-state index in [4.69, 9.17) is 22.1 Å². The van der Waals surface area contributed by atoms with Crippen LogP contribution in [0.25, 0.3) is 23.0 Å². The molecular weight excluding hydrogens is 426 g/mol. The molecular formula is C24H23N3O2S2. The number of rotatable bonds is 8. The average Bonchev–Trinajstić information content (AvgIpc) is 3.34. The topological polar surface area (TPSA) is 47.4 Å². The van der Waals surface area contributed by atoms with E-state index >= 15 is 0 Å². The number of thiocarbonyl (C=S) groups is 1. The van der Waals surface area contributed by atoms with Crippen LogP contribution in [0, 0.1) is 0 Å². The van der Waals surface area contributed by atoms with Gasteiger partial charge in [-0.3, -0.25) is 9.69 Å². The molecule has 0 atom stereocenters. The average molecular weight is 450 g/mol. The summed E-state index contributed by atoms with van der Waals surface area (Å²) in [5, 5.41) is 4.81. The summed E-state index contributed by atoms with van der Waals surface area (Å²) >= 11 is 6.80. The Morgan fingerprint density at radius 3 is 2.52 bits per heavy atom. The van der Waals surface area contributed by atoms with E-state index in [0.29, 0.717) is 29.0 Å². The molecule has 1 aliphatic heterocycles. The number of amides is 1. The Hall–Kier alpha value is -2.74. The third-order valence-electron chi connectivity index (χ3n) is 4.85. The van der Waals surface area contributed by atoms with E-state index in [1.165, 1.54) is 11.8 Å². The quantitative estimate of drug-likeness (QED) is 0.270. The SMILES string of the molecule is CCOCCCN1C(=O)C(=Cc2cn(-c3ccccc3)nc2-c2ccccc2)SC1=S. The van der Waals surface area contributed by atoms with Crippen LogP contribution in [0.3, 0.4) is 0 Å². The van der Waals surface area contributed by atoms with Crippen molar-refractivity contribution in [2.24, 2.45) is 0 Å². The zero-order chi connectivity index (χ0) is 21.6. The van der Waals surface area contributed by atoms with Crippen molar-refractivity contribution in [2.45, 2.75) is 13.3 Å². The van der Waals surface area contributed by atoms with Gasteiger partial charge in [0.05, 0.1) is 16.3 Å². The van der Waals surface area contributed by atoms with Gasteiger partial charge >= 0.3 is 0 Å². The zero-order valence-corrected chi connectivity index (χ0v) is 18.9. The molecule has 2 aromatic carbocycles. The van der Waals surface area contributed by atoms with Crippen LogP contribution in [0.1, 0.15) is 18.9 Å². The van der Waals surface area contributed by atoms with Crippen molar-refractivity contribution in [1.29, 1.82) is 0 Å². The van der Waals surface area contributed by atoms with E-state index < -0.39 is 0 Å². The number of carbonyl (C=O) groups is 1. The van der Waals surface area contributed by atoms with Gasteiger partial charge in [-0.1, -0.05) is 72.5 Å². The fraction of sp³-hybridized carbons (Fsp3) is 0.208. The molecule has 5 nitrogen and oxygen atoms in total. The van der Waals surface area contributed by atoms with Crippen molar-refractivity contribution in [1.82, 2.24) is 14.7 Å². The Morgan fingerprint density at radius 2 is 1.81 bits per heavy atom. The zero-order valence-electron chi connectivity index (χ0n) is 17.2. The van der Waals surface area contributed by atoms with E-state index in [1.54, 1.807) is 4.90 Å². The Balaban J connectivity index is 1.65. The molecule has 31 heavy (non-hydrogen) atoms. The van der Waals surface area contributed by atoms with Gasteiger partial charge in [-0.25, -0.2) is 4.68 Å². The summed E-state index contributed by atoms with van der Waals surface area (Å²) in [5.74, 6) is -0.0574. The fourth-order valence-corrected chi connectivity index (χ4v) is 4.63. The van der Waals surface area contributed by atoms with Crippen LogP contribution in [0.2, 0.25) is 0 Å². The molecule has 1 aromatic heterocycles. The number of benzene rings is 2. The first-order chi connectivity index (χ1) is 15.2. The summed E-state index contributed by atoms with van der Waals surface area (Å²) < 4.78 is 7.81. The third-order valence-corrected chi connectivity index (χ3v) is 6.22. The van der Waals surface area contributed by atoms with Crippen molar-refractivity contribution >= 4 is 40.3 Å². The minimum absolute atomic E-state index is 0.0574. The van der Waals surface area contributed by atoms with Crippen molar-refractivity contribution in [2.75, 3.05) is 19.8 Å². The van der Waals surface area contributed by atoms with E-state index in [1.807, 2.05) is 84.5 Å². The van der Waals surface area contributed by atoms with Gasteiger partial charge in [-0.15, -0.1) is 0 Å². The molecule has 0 aliphatic carbocycles. The number of nitrogens with zero attached hydrogens (tertiary/aromatic N) is 3. The van der Waals surface area contributed by atoms with Gasteiger partial charge in [-0.05, 0) is 31.6 Å². The van der Waals surface area contributed by atoms with Crippen molar-refractivity contribution in [3.05, 3.63) is 77.3 Å². The second-order valence-electron chi connectivity index (χ2n) is 6.96. The molecule has 1 amide bonds. The normalized spacial score (nSPS) is 15.3. The number of aromatic nitrogens is 2. The molecule has 0 spiro atoms. The highest BCUT2D eigenvalue weighted by atomic mass is 32.2. The second-order valence-corrected chi connectivity index (χ2v) is 8.64. The monoisotopic (exact) mass is 449 g/mol. The number of thioether (sulfide) groups is 1. The summed E-state index contributed by atoms with van der Waals surface area (Å²) in [7, 11) is 0. The van der Waals surface area contributed by atoms with Crippen molar-refractivity contribution in [3.63, 3.8) is 0 Å². The van der Waals surface area contributed by atoms with Crippen LogP contribution in [-0.4, -0.2) is 44.7 Å². The van der Waals surface area contributed by atoms with Crippen LogP contribution in [0.4, 0.5) is 0 Å². The van der Waals surface area contributed by atoms with Gasteiger partial charge in [-0.2, -0.15) is 5.10 Å². The maximum atomic E-state index is 13.0. The lowest BCUT2D eigenvalue weighted by atomic mass is 10.1. The number of carbonyl (C=O) groups excluding carboxylic acids is 1. The first-order valence-corrected chi connectivity index (χ1v) is 11.4. The molecule has 3 aromatic rings. The summed E-state index contributed by atoms with van der Waals surface area (Å²) in [6.07, 6.45) is 4.62. The second kappa shape index (κ2) is 10.0. The number of ether oxygens (including phenoxy) is 1. The molecule has 158 valence electrons. The van der Waals surface area contributed by atoms with E-state index in [2.05, 4.69) is 0 Å². The standard InChI is InChI=1S/C24H23N3O2S2/c1-2-29-15-9-14-26-23(28)21(31-24(26)30)16-19-17-27(20-12-7-4-8-13-20)25-22(19)18-10-5-3-6-11-18/h3-8,10-13,16-17H,2,9,14-15H2,1H3. The Morgan fingerprint density at radius 1 is 1.10 bits per heavy atom. The lowest BCUT2D eigenvalue weighted by Crippen LogP contribution is -2.29. The Kier molecular flexibility index (Phi) is 6.96. The maximum Gasteiger partial charge on any atom is 0.266 e. The van der Waals surface area contributed by atoms with E-state index in [0.717, 1.165) is 28.9 Å². The summed E-state index contributed by atoms with van der Waals surface area (Å²) in [6, 6.07) is 19.9. The minimum Gasteiger partial charge on any atom is -0.382 e. The molecule has 1 aliphatic rings. The number of hydrogen-bond acceptors (Lipinski definition) is 5. The molecule has 0 radical (unpaired) electrons. The number of hydrogen-bond donors (Lipinski definition) is 0. The van der Waals surface area contributed by atoms with E-state index in [9.17, 15) is 4.79 Å². The molecule has 1 saturated heterocycles. The smallest absolute Gasteiger partial charge is 0.266 e. The molecule has 1 fully saturated rings.